The van der Waals surface area contributed by atoms with E-state index in [1.54, 1.807) is 0 Å². The molecule has 1 amide bonds. The minimum atomic E-state index is 0. The van der Waals surface area contributed by atoms with Crippen LogP contribution in [0.5, 0.6) is 0 Å². The number of hydrogen-bond acceptors (Lipinski definition) is 3. The van der Waals surface area contributed by atoms with E-state index in [-0.39, 0.29) is 42.0 Å². The van der Waals surface area contributed by atoms with Gasteiger partial charge in [-0.15, -0.1) is 24.0 Å². The number of rotatable bonds is 7. The summed E-state index contributed by atoms with van der Waals surface area (Å²) in [5.41, 5.74) is 2.80. The number of amides is 1. The van der Waals surface area contributed by atoms with Crippen LogP contribution in [0, 0.1) is 0 Å². The van der Waals surface area contributed by atoms with Gasteiger partial charge in [-0.1, -0.05) is 24.3 Å². The molecule has 28 heavy (non-hydrogen) atoms. The molecular formula is C21H33IN4O2. The van der Waals surface area contributed by atoms with Crippen molar-refractivity contribution in [3.8, 4) is 0 Å². The van der Waals surface area contributed by atoms with Crippen molar-refractivity contribution in [2.75, 3.05) is 26.2 Å². The van der Waals surface area contributed by atoms with E-state index >= 15 is 0 Å². The average Bonchev–Trinajstić information content (AvgIpc) is 2.69. The van der Waals surface area contributed by atoms with Crippen molar-refractivity contribution in [2.24, 2.45) is 4.99 Å². The number of nitrogens with zero attached hydrogens (tertiary/aromatic N) is 1. The summed E-state index contributed by atoms with van der Waals surface area (Å²) in [6.45, 7) is 4.99. The third-order valence-electron chi connectivity index (χ3n) is 5.16. The fraction of sp³-hybridized carbons (Fsp3) is 0.619. The molecule has 1 aromatic carbocycles. The van der Waals surface area contributed by atoms with Gasteiger partial charge in [0, 0.05) is 38.7 Å². The van der Waals surface area contributed by atoms with Crippen LogP contribution >= 0.6 is 24.0 Å². The highest BCUT2D eigenvalue weighted by Crippen LogP contribution is 2.32. The lowest BCUT2D eigenvalue weighted by Gasteiger charge is -2.26. The van der Waals surface area contributed by atoms with E-state index in [1.807, 2.05) is 0 Å². The highest BCUT2D eigenvalue weighted by molar-refractivity contribution is 14.0. The Morgan fingerprint density at radius 2 is 2.14 bits per heavy atom. The largest absolute Gasteiger partial charge is 0.373 e. The predicted molar refractivity (Wildman–Crippen MR) is 123 cm³/mol. The second-order valence-corrected chi connectivity index (χ2v) is 7.25. The van der Waals surface area contributed by atoms with Gasteiger partial charge >= 0.3 is 0 Å². The van der Waals surface area contributed by atoms with E-state index in [4.69, 9.17) is 4.74 Å². The molecule has 1 saturated heterocycles. The van der Waals surface area contributed by atoms with Crippen molar-refractivity contribution in [1.82, 2.24) is 16.0 Å². The zero-order valence-corrected chi connectivity index (χ0v) is 19.0. The van der Waals surface area contributed by atoms with Gasteiger partial charge in [0.15, 0.2) is 5.96 Å². The van der Waals surface area contributed by atoms with Crippen LogP contribution in [0.3, 0.4) is 0 Å². The smallest absolute Gasteiger partial charge is 0.220 e. The maximum atomic E-state index is 11.3. The number of guanidine groups is 1. The van der Waals surface area contributed by atoms with Crippen molar-refractivity contribution in [3.05, 3.63) is 35.4 Å². The summed E-state index contributed by atoms with van der Waals surface area (Å²) in [6, 6.07) is 8.89. The Labute approximate surface area is 185 Å². The van der Waals surface area contributed by atoms with Crippen LogP contribution < -0.4 is 16.0 Å². The number of ether oxygens (including phenoxy) is 1. The molecule has 0 aromatic heterocycles. The fourth-order valence-electron chi connectivity index (χ4n) is 3.73. The average molecular weight is 500 g/mol. The molecule has 1 heterocycles. The molecule has 6 nitrogen and oxygen atoms in total. The third kappa shape index (κ3) is 6.92. The molecule has 2 atom stereocenters. The predicted octanol–water partition coefficient (Wildman–Crippen LogP) is 2.92. The van der Waals surface area contributed by atoms with E-state index in [1.165, 1.54) is 24.0 Å². The Bertz CT molecular complexity index is 643. The Morgan fingerprint density at radius 1 is 1.29 bits per heavy atom. The van der Waals surface area contributed by atoms with Crippen LogP contribution in [0.2, 0.25) is 0 Å². The lowest BCUT2D eigenvalue weighted by Crippen LogP contribution is -2.51. The molecular weight excluding hydrogens is 467 g/mol. The van der Waals surface area contributed by atoms with Gasteiger partial charge in [-0.25, -0.2) is 0 Å². The molecule has 3 rings (SSSR count). The third-order valence-corrected chi connectivity index (χ3v) is 5.16. The van der Waals surface area contributed by atoms with Crippen molar-refractivity contribution in [1.29, 1.82) is 0 Å². The summed E-state index contributed by atoms with van der Waals surface area (Å²) >= 11 is 0. The molecule has 2 aliphatic rings. The summed E-state index contributed by atoms with van der Waals surface area (Å²) in [4.78, 5) is 15.9. The van der Waals surface area contributed by atoms with Gasteiger partial charge in [0.2, 0.25) is 5.91 Å². The highest BCUT2D eigenvalue weighted by atomic mass is 127. The monoisotopic (exact) mass is 500 g/mol. The van der Waals surface area contributed by atoms with Crippen molar-refractivity contribution in [3.63, 3.8) is 0 Å². The molecule has 7 heteroatoms. The number of carbonyl (C=O) groups is 1. The van der Waals surface area contributed by atoms with E-state index in [0.717, 1.165) is 44.9 Å². The Morgan fingerprint density at radius 3 is 2.93 bits per heavy atom. The molecule has 1 fully saturated rings. The quantitative estimate of drug-likeness (QED) is 0.233. The van der Waals surface area contributed by atoms with Crippen molar-refractivity contribution in [2.45, 2.75) is 57.6 Å². The number of aryl methyl sites for hydroxylation is 1. The Balaban J connectivity index is 0.00000280. The van der Waals surface area contributed by atoms with Gasteiger partial charge in [0.05, 0.1) is 6.10 Å². The summed E-state index contributed by atoms with van der Waals surface area (Å²) < 4.78 is 6.16. The molecule has 1 aliphatic heterocycles. The van der Waals surface area contributed by atoms with E-state index < -0.39 is 0 Å². The van der Waals surface area contributed by atoms with Crippen LogP contribution in [-0.4, -0.2) is 44.1 Å². The number of nitrogens with one attached hydrogen (secondary N) is 3. The zero-order chi connectivity index (χ0) is 18.9. The highest BCUT2D eigenvalue weighted by Gasteiger charge is 2.20. The van der Waals surface area contributed by atoms with Crippen LogP contribution in [0.4, 0.5) is 0 Å². The zero-order valence-electron chi connectivity index (χ0n) is 16.7. The number of aliphatic imine (C=N–C) groups is 1. The van der Waals surface area contributed by atoms with E-state index in [0.29, 0.717) is 13.0 Å². The van der Waals surface area contributed by atoms with Crippen LogP contribution in [-0.2, 0) is 16.0 Å². The Kier molecular flexibility index (Phi) is 10.0. The van der Waals surface area contributed by atoms with Crippen LogP contribution in [0.25, 0.3) is 0 Å². The number of benzene rings is 1. The van der Waals surface area contributed by atoms with E-state index in [9.17, 15) is 4.79 Å². The van der Waals surface area contributed by atoms with Gasteiger partial charge in [-0.05, 0) is 50.2 Å². The lowest BCUT2D eigenvalue weighted by atomic mass is 9.89. The fourth-order valence-corrected chi connectivity index (χ4v) is 3.73. The first-order valence-electron chi connectivity index (χ1n) is 10.3. The number of hydrogen-bond donors (Lipinski definition) is 3. The molecule has 3 N–H and O–H groups in total. The summed E-state index contributed by atoms with van der Waals surface area (Å²) in [7, 11) is 0. The van der Waals surface area contributed by atoms with Gasteiger partial charge in [-0.3, -0.25) is 9.79 Å². The van der Waals surface area contributed by atoms with Gasteiger partial charge < -0.3 is 20.7 Å². The molecule has 1 aromatic rings. The van der Waals surface area contributed by atoms with Gasteiger partial charge in [-0.2, -0.15) is 0 Å². The molecule has 0 spiro atoms. The maximum Gasteiger partial charge on any atom is 0.220 e. The SMILES string of the molecule is CCNC(=NCCCOC1CCCc2ccccc21)NC1CCC(=O)NC1.I. The number of carbonyl (C=O) groups excluding carboxylic acids is 1. The summed E-state index contributed by atoms with van der Waals surface area (Å²) in [6.07, 6.45) is 6.03. The first-order chi connectivity index (χ1) is 13.3. The van der Waals surface area contributed by atoms with Crippen molar-refractivity contribution >= 4 is 35.8 Å². The summed E-state index contributed by atoms with van der Waals surface area (Å²) in [5.74, 6) is 0.957. The first kappa shape index (κ1) is 22.9. The topological polar surface area (TPSA) is 74.8 Å². The minimum absolute atomic E-state index is 0. The number of fused-ring (bicyclic) bond motifs is 1. The molecule has 0 saturated carbocycles. The molecule has 0 radical (unpaired) electrons. The first-order valence-corrected chi connectivity index (χ1v) is 10.3. The van der Waals surface area contributed by atoms with Crippen molar-refractivity contribution < 1.29 is 9.53 Å². The Hall–Kier alpha value is -1.35. The summed E-state index contributed by atoms with van der Waals surface area (Å²) in [5, 5.41) is 9.59. The number of halogens is 1. The molecule has 1 aliphatic carbocycles. The second-order valence-electron chi connectivity index (χ2n) is 7.25. The molecule has 2 unspecified atom stereocenters. The lowest BCUT2D eigenvalue weighted by molar-refractivity contribution is -0.122. The molecule has 0 bridgehead atoms. The standard InChI is InChI=1S/C21H32N4O2.HI/c1-2-22-21(25-17-11-12-20(26)24-15-17)23-13-6-14-27-19-10-5-8-16-7-3-4-9-18(16)19;/h3-4,7,9,17,19H,2,5-6,8,10-15H2,1H3,(H,24,26)(H2,22,23,25);1H. The van der Waals surface area contributed by atoms with Gasteiger partial charge in [0.1, 0.15) is 0 Å². The maximum absolute atomic E-state index is 11.3. The van der Waals surface area contributed by atoms with E-state index in [2.05, 4.69) is 52.1 Å². The van der Waals surface area contributed by atoms with Gasteiger partial charge in [0.25, 0.3) is 0 Å². The second kappa shape index (κ2) is 12.3. The minimum Gasteiger partial charge on any atom is -0.373 e. The molecule has 156 valence electrons. The normalized spacial score (nSPS) is 21.9. The van der Waals surface area contributed by atoms with Crippen LogP contribution in [0.1, 0.15) is 56.3 Å². The number of piperidine rings is 1. The van der Waals surface area contributed by atoms with Crippen LogP contribution in [0.15, 0.2) is 29.3 Å².